The second-order valence-electron chi connectivity index (χ2n) is 6.31. The lowest BCUT2D eigenvalue weighted by atomic mass is 10.1. The molecule has 0 radical (unpaired) electrons. The third-order valence-electron chi connectivity index (χ3n) is 4.37. The van der Waals surface area contributed by atoms with E-state index in [1.165, 1.54) is 49.4 Å². The first kappa shape index (κ1) is 22.4. The molecule has 1 heterocycles. The molecule has 0 unspecified atom stereocenters. The average Bonchev–Trinajstić information content (AvgIpc) is 2.81. The van der Waals surface area contributed by atoms with Crippen LogP contribution in [0.4, 0.5) is 23.0 Å². The first-order valence-corrected chi connectivity index (χ1v) is 9.43. The Morgan fingerprint density at radius 3 is 2.47 bits per heavy atom. The van der Waals surface area contributed by atoms with E-state index in [2.05, 4.69) is 20.8 Å². The SMILES string of the molecule is COC(=O)c1ccccc1N(C)c1ncnc(NNC(=O)c2ccc(Cl)cc2)c1[N+](=O)[O-]. The van der Waals surface area contributed by atoms with Crippen molar-refractivity contribution >= 4 is 46.5 Å². The van der Waals surface area contributed by atoms with E-state index in [1.54, 1.807) is 18.2 Å². The maximum atomic E-state index is 12.3. The molecule has 3 rings (SSSR count). The Hall–Kier alpha value is -4.25. The number of amides is 1. The van der Waals surface area contributed by atoms with Crippen molar-refractivity contribution in [3.05, 3.63) is 81.1 Å². The van der Waals surface area contributed by atoms with Crippen LogP contribution >= 0.6 is 11.6 Å². The highest BCUT2D eigenvalue weighted by atomic mass is 35.5. The molecule has 0 saturated carbocycles. The third-order valence-corrected chi connectivity index (χ3v) is 4.63. The van der Waals surface area contributed by atoms with Gasteiger partial charge in [-0.15, -0.1) is 0 Å². The number of hydrazine groups is 1. The standard InChI is InChI=1S/C20H17ClN6O5/c1-26(15-6-4-3-5-14(15)20(29)32-2)18-16(27(30)31)17(22-11-23-18)24-25-19(28)12-7-9-13(21)10-8-12/h3-11H,1-2H3,(H,25,28)(H,22,23,24). The highest BCUT2D eigenvalue weighted by molar-refractivity contribution is 6.30. The number of nitrogens with one attached hydrogen (secondary N) is 2. The Kier molecular flexibility index (Phi) is 6.80. The first-order valence-electron chi connectivity index (χ1n) is 9.06. The molecule has 0 aliphatic heterocycles. The number of hydrogen-bond donors (Lipinski definition) is 2. The van der Waals surface area contributed by atoms with Crippen LogP contribution in [0.5, 0.6) is 0 Å². The van der Waals surface area contributed by atoms with Crippen LogP contribution in [0.3, 0.4) is 0 Å². The molecule has 0 aliphatic carbocycles. The Labute approximate surface area is 187 Å². The van der Waals surface area contributed by atoms with Gasteiger partial charge in [0.15, 0.2) is 0 Å². The molecule has 32 heavy (non-hydrogen) atoms. The molecule has 164 valence electrons. The number of anilines is 3. The summed E-state index contributed by atoms with van der Waals surface area (Å²) in [6.45, 7) is 0. The van der Waals surface area contributed by atoms with Gasteiger partial charge in [-0.25, -0.2) is 14.8 Å². The number of nitro groups is 1. The molecule has 1 aromatic heterocycles. The van der Waals surface area contributed by atoms with Crippen molar-refractivity contribution in [2.45, 2.75) is 0 Å². The molecule has 3 aromatic rings. The largest absolute Gasteiger partial charge is 0.465 e. The van der Waals surface area contributed by atoms with Crippen LogP contribution < -0.4 is 15.8 Å². The number of carbonyl (C=O) groups is 2. The fourth-order valence-corrected chi connectivity index (χ4v) is 2.95. The van der Waals surface area contributed by atoms with Gasteiger partial charge >= 0.3 is 11.7 Å². The van der Waals surface area contributed by atoms with Crippen LogP contribution in [-0.4, -0.2) is 40.9 Å². The van der Waals surface area contributed by atoms with Crippen molar-refractivity contribution in [1.82, 2.24) is 15.4 Å². The zero-order chi connectivity index (χ0) is 23.3. The molecular weight excluding hydrogens is 440 g/mol. The minimum absolute atomic E-state index is 0.107. The van der Waals surface area contributed by atoms with Gasteiger partial charge in [0.05, 0.1) is 23.3 Å². The van der Waals surface area contributed by atoms with Crippen LogP contribution in [0.25, 0.3) is 0 Å². The second-order valence-corrected chi connectivity index (χ2v) is 6.74. The summed E-state index contributed by atoms with van der Waals surface area (Å²) in [6, 6.07) is 12.5. The number of benzene rings is 2. The van der Waals surface area contributed by atoms with Crippen molar-refractivity contribution in [3.63, 3.8) is 0 Å². The first-order chi connectivity index (χ1) is 15.3. The van der Waals surface area contributed by atoms with Crippen LogP contribution in [0.1, 0.15) is 20.7 Å². The molecule has 0 bridgehead atoms. The monoisotopic (exact) mass is 456 g/mol. The molecule has 0 fully saturated rings. The molecular formula is C20H17ClN6O5. The summed E-state index contributed by atoms with van der Waals surface area (Å²) in [7, 11) is 2.74. The van der Waals surface area contributed by atoms with Gasteiger partial charge in [-0.05, 0) is 36.4 Å². The van der Waals surface area contributed by atoms with E-state index < -0.39 is 22.5 Å². The summed E-state index contributed by atoms with van der Waals surface area (Å²) < 4.78 is 4.78. The molecule has 0 aliphatic rings. The van der Waals surface area contributed by atoms with Gasteiger partial charge in [0, 0.05) is 17.6 Å². The topological polar surface area (TPSA) is 140 Å². The Bertz CT molecular complexity index is 1170. The van der Waals surface area contributed by atoms with E-state index in [1.807, 2.05) is 0 Å². The normalized spacial score (nSPS) is 10.2. The number of esters is 1. The zero-order valence-corrected chi connectivity index (χ0v) is 17.7. The van der Waals surface area contributed by atoms with Gasteiger partial charge in [-0.3, -0.25) is 25.8 Å². The quantitative estimate of drug-likeness (QED) is 0.311. The summed E-state index contributed by atoms with van der Waals surface area (Å²) in [6.07, 6.45) is 1.09. The number of methoxy groups -OCH3 is 1. The minimum atomic E-state index is -0.691. The summed E-state index contributed by atoms with van der Waals surface area (Å²) >= 11 is 5.81. The number of ether oxygens (including phenoxy) is 1. The molecule has 0 atom stereocenters. The highest BCUT2D eigenvalue weighted by Crippen LogP contribution is 2.35. The minimum Gasteiger partial charge on any atom is -0.465 e. The van der Waals surface area contributed by atoms with E-state index in [0.29, 0.717) is 10.7 Å². The predicted octanol–water partition coefficient (Wildman–Crippen LogP) is 3.35. The Morgan fingerprint density at radius 2 is 1.81 bits per heavy atom. The van der Waals surface area contributed by atoms with Crippen molar-refractivity contribution < 1.29 is 19.2 Å². The van der Waals surface area contributed by atoms with Gasteiger partial charge in [-0.1, -0.05) is 23.7 Å². The second kappa shape index (κ2) is 9.71. The fraction of sp³-hybridized carbons (Fsp3) is 0.100. The van der Waals surface area contributed by atoms with Gasteiger partial charge in [0.2, 0.25) is 11.6 Å². The maximum absolute atomic E-state index is 12.3. The smallest absolute Gasteiger partial charge is 0.355 e. The Morgan fingerprint density at radius 1 is 1.12 bits per heavy atom. The summed E-state index contributed by atoms with van der Waals surface area (Å²) in [5.41, 5.74) is 5.11. The van der Waals surface area contributed by atoms with Gasteiger partial charge < -0.3 is 9.64 Å². The number of carbonyl (C=O) groups excluding carboxylic acids is 2. The lowest BCUT2D eigenvalue weighted by Gasteiger charge is -2.21. The summed E-state index contributed by atoms with van der Waals surface area (Å²) in [5.74, 6) is -1.52. The lowest BCUT2D eigenvalue weighted by Crippen LogP contribution is -2.30. The van der Waals surface area contributed by atoms with E-state index in [0.717, 1.165) is 6.33 Å². The lowest BCUT2D eigenvalue weighted by molar-refractivity contribution is -0.383. The van der Waals surface area contributed by atoms with E-state index in [4.69, 9.17) is 16.3 Å². The highest BCUT2D eigenvalue weighted by Gasteiger charge is 2.28. The van der Waals surface area contributed by atoms with Crippen LogP contribution in [0.15, 0.2) is 54.9 Å². The van der Waals surface area contributed by atoms with E-state index in [9.17, 15) is 19.7 Å². The van der Waals surface area contributed by atoms with E-state index in [-0.39, 0.29) is 22.8 Å². The fourth-order valence-electron chi connectivity index (χ4n) is 2.83. The molecule has 11 nitrogen and oxygen atoms in total. The zero-order valence-electron chi connectivity index (χ0n) is 16.9. The number of halogens is 1. The average molecular weight is 457 g/mol. The van der Waals surface area contributed by atoms with Gasteiger partial charge in [-0.2, -0.15) is 0 Å². The number of hydrogen-bond acceptors (Lipinski definition) is 9. The molecule has 0 saturated heterocycles. The van der Waals surface area contributed by atoms with Crippen molar-refractivity contribution in [2.24, 2.45) is 0 Å². The third kappa shape index (κ3) is 4.73. The van der Waals surface area contributed by atoms with Crippen molar-refractivity contribution in [1.29, 1.82) is 0 Å². The number of para-hydroxylation sites is 1. The molecule has 2 N–H and O–H groups in total. The van der Waals surface area contributed by atoms with Crippen LogP contribution in [-0.2, 0) is 4.74 Å². The summed E-state index contributed by atoms with van der Waals surface area (Å²) in [4.78, 5) is 44.8. The molecule has 12 heteroatoms. The molecule has 1 amide bonds. The maximum Gasteiger partial charge on any atom is 0.355 e. The predicted molar refractivity (Wildman–Crippen MR) is 117 cm³/mol. The van der Waals surface area contributed by atoms with Gasteiger partial charge in [0.25, 0.3) is 5.91 Å². The molecule has 0 spiro atoms. The number of rotatable bonds is 7. The number of aromatic nitrogens is 2. The van der Waals surface area contributed by atoms with Crippen LogP contribution in [0.2, 0.25) is 5.02 Å². The van der Waals surface area contributed by atoms with Gasteiger partial charge in [0.1, 0.15) is 6.33 Å². The molecule has 2 aromatic carbocycles. The number of nitrogens with zero attached hydrogens (tertiary/aromatic N) is 4. The van der Waals surface area contributed by atoms with Crippen molar-refractivity contribution in [2.75, 3.05) is 24.5 Å². The van der Waals surface area contributed by atoms with Crippen molar-refractivity contribution in [3.8, 4) is 0 Å². The summed E-state index contributed by atoms with van der Waals surface area (Å²) in [5, 5.41) is 12.3. The Balaban J connectivity index is 1.93. The van der Waals surface area contributed by atoms with E-state index >= 15 is 0 Å². The van der Waals surface area contributed by atoms with Crippen LogP contribution in [0, 0.1) is 10.1 Å².